The van der Waals surface area contributed by atoms with E-state index < -0.39 is 5.91 Å². The summed E-state index contributed by atoms with van der Waals surface area (Å²) in [6.45, 7) is 1.72. The zero-order valence-electron chi connectivity index (χ0n) is 11.2. The Morgan fingerprint density at radius 3 is 2.80 bits per heavy atom. The van der Waals surface area contributed by atoms with E-state index >= 15 is 0 Å². The van der Waals surface area contributed by atoms with Crippen LogP contribution in [-0.4, -0.2) is 17.4 Å². The Labute approximate surface area is 118 Å². The molecule has 1 aliphatic heterocycles. The van der Waals surface area contributed by atoms with Crippen molar-refractivity contribution >= 4 is 11.6 Å². The summed E-state index contributed by atoms with van der Waals surface area (Å²) in [5, 5.41) is 0. The summed E-state index contributed by atoms with van der Waals surface area (Å²) in [5.74, 6) is -0.425. The second-order valence-corrected chi connectivity index (χ2v) is 5.05. The number of rotatable bonds is 2. The molecule has 20 heavy (non-hydrogen) atoms. The molecule has 3 rings (SSSR count). The lowest BCUT2D eigenvalue weighted by molar-refractivity contribution is 0.100. The molecule has 0 unspecified atom stereocenters. The van der Waals surface area contributed by atoms with E-state index in [1.54, 1.807) is 12.4 Å². The minimum atomic E-state index is -0.425. The molecular weight excluding hydrogens is 250 g/mol. The van der Waals surface area contributed by atoms with Crippen molar-refractivity contribution in [1.29, 1.82) is 0 Å². The molecule has 1 aromatic carbocycles. The summed E-state index contributed by atoms with van der Waals surface area (Å²) >= 11 is 0. The Kier molecular flexibility index (Phi) is 3.37. The highest BCUT2D eigenvalue weighted by Crippen LogP contribution is 2.26. The normalized spacial score (nSPS) is 14.5. The van der Waals surface area contributed by atoms with Crippen LogP contribution in [-0.2, 0) is 13.0 Å². The number of anilines is 1. The minimum absolute atomic E-state index is 0.425. The first-order valence-corrected chi connectivity index (χ1v) is 6.81. The molecule has 4 heteroatoms. The summed E-state index contributed by atoms with van der Waals surface area (Å²) in [6, 6.07) is 10.3. The van der Waals surface area contributed by atoms with Crippen LogP contribution in [0.15, 0.2) is 42.7 Å². The Bertz CT molecular complexity index is 639. The predicted octanol–water partition coefficient (Wildman–Crippen LogP) is 2.13. The molecule has 102 valence electrons. The molecule has 1 aliphatic rings. The number of hydrogen-bond donors (Lipinski definition) is 1. The molecule has 0 aliphatic carbocycles. The van der Waals surface area contributed by atoms with Gasteiger partial charge in [-0.15, -0.1) is 0 Å². The van der Waals surface area contributed by atoms with Crippen LogP contribution in [0.1, 0.15) is 27.9 Å². The number of aryl methyl sites for hydroxylation is 1. The number of aromatic nitrogens is 1. The fourth-order valence-electron chi connectivity index (χ4n) is 2.76. The number of carbonyl (C=O) groups is 1. The Morgan fingerprint density at radius 2 is 2.00 bits per heavy atom. The van der Waals surface area contributed by atoms with Crippen LogP contribution in [0.3, 0.4) is 0 Å². The van der Waals surface area contributed by atoms with Gasteiger partial charge in [0, 0.05) is 25.5 Å². The zero-order chi connectivity index (χ0) is 13.9. The molecule has 0 saturated heterocycles. The fraction of sp³-hybridized carbons (Fsp3) is 0.250. The average molecular weight is 267 g/mol. The van der Waals surface area contributed by atoms with E-state index in [-0.39, 0.29) is 0 Å². The second kappa shape index (κ2) is 5.33. The van der Waals surface area contributed by atoms with E-state index in [9.17, 15) is 4.79 Å². The third-order valence-electron chi connectivity index (χ3n) is 3.76. The number of benzene rings is 1. The van der Waals surface area contributed by atoms with Gasteiger partial charge in [0.15, 0.2) is 0 Å². The molecular formula is C16H17N3O. The van der Waals surface area contributed by atoms with E-state index in [0.29, 0.717) is 5.56 Å². The lowest BCUT2D eigenvalue weighted by Crippen LogP contribution is -2.26. The Hall–Kier alpha value is -2.36. The first-order valence-electron chi connectivity index (χ1n) is 6.81. The molecule has 0 bridgehead atoms. The maximum Gasteiger partial charge on any atom is 0.252 e. The van der Waals surface area contributed by atoms with E-state index in [1.807, 2.05) is 6.07 Å². The molecule has 1 amide bonds. The maximum absolute atomic E-state index is 11.6. The summed E-state index contributed by atoms with van der Waals surface area (Å²) in [6.07, 6.45) is 5.40. The van der Waals surface area contributed by atoms with Crippen LogP contribution in [0.25, 0.3) is 0 Å². The second-order valence-electron chi connectivity index (χ2n) is 5.05. The Balaban J connectivity index is 1.98. The quantitative estimate of drug-likeness (QED) is 0.906. The highest BCUT2D eigenvalue weighted by Gasteiger charge is 2.18. The topological polar surface area (TPSA) is 59.2 Å². The van der Waals surface area contributed by atoms with Crippen molar-refractivity contribution in [2.45, 2.75) is 19.4 Å². The highest BCUT2D eigenvalue weighted by molar-refractivity contribution is 5.98. The number of hydrogen-bond acceptors (Lipinski definition) is 3. The summed E-state index contributed by atoms with van der Waals surface area (Å²) in [5.41, 5.74) is 9.53. The summed E-state index contributed by atoms with van der Waals surface area (Å²) < 4.78 is 0. The SMILES string of the molecule is NC(=O)c1cnccc1N1CCCc2ccccc2C1. The van der Waals surface area contributed by atoms with Gasteiger partial charge in [-0.1, -0.05) is 24.3 Å². The van der Waals surface area contributed by atoms with Crippen molar-refractivity contribution < 1.29 is 4.79 Å². The van der Waals surface area contributed by atoms with E-state index in [0.717, 1.165) is 31.6 Å². The van der Waals surface area contributed by atoms with E-state index in [4.69, 9.17) is 5.73 Å². The van der Waals surface area contributed by atoms with Crippen LogP contribution < -0.4 is 10.6 Å². The molecule has 4 nitrogen and oxygen atoms in total. The number of amides is 1. The highest BCUT2D eigenvalue weighted by atomic mass is 16.1. The van der Waals surface area contributed by atoms with Crippen LogP contribution in [0, 0.1) is 0 Å². The van der Waals surface area contributed by atoms with Crippen molar-refractivity contribution in [3.8, 4) is 0 Å². The molecule has 2 N–H and O–H groups in total. The zero-order valence-corrected chi connectivity index (χ0v) is 11.2. The van der Waals surface area contributed by atoms with Gasteiger partial charge in [0.05, 0.1) is 11.3 Å². The fourth-order valence-corrected chi connectivity index (χ4v) is 2.76. The minimum Gasteiger partial charge on any atom is -0.366 e. The monoisotopic (exact) mass is 267 g/mol. The molecule has 0 spiro atoms. The largest absolute Gasteiger partial charge is 0.366 e. The molecule has 0 fully saturated rings. The van der Waals surface area contributed by atoms with E-state index in [1.165, 1.54) is 11.1 Å². The van der Waals surface area contributed by atoms with E-state index in [2.05, 4.69) is 34.1 Å². The van der Waals surface area contributed by atoms with Gasteiger partial charge in [0.25, 0.3) is 5.91 Å². The third-order valence-corrected chi connectivity index (χ3v) is 3.76. The molecule has 2 heterocycles. The van der Waals surface area contributed by atoms with Crippen molar-refractivity contribution in [3.05, 3.63) is 59.4 Å². The van der Waals surface area contributed by atoms with Crippen molar-refractivity contribution in [3.63, 3.8) is 0 Å². The lowest BCUT2D eigenvalue weighted by Gasteiger charge is -2.24. The number of fused-ring (bicyclic) bond motifs is 1. The van der Waals surface area contributed by atoms with Crippen LogP contribution >= 0.6 is 0 Å². The summed E-state index contributed by atoms with van der Waals surface area (Å²) in [7, 11) is 0. The number of nitrogens with zero attached hydrogens (tertiary/aromatic N) is 2. The first-order chi connectivity index (χ1) is 9.75. The predicted molar refractivity (Wildman–Crippen MR) is 78.6 cm³/mol. The van der Waals surface area contributed by atoms with Crippen molar-refractivity contribution in [2.75, 3.05) is 11.4 Å². The van der Waals surface area contributed by atoms with Gasteiger partial charge in [-0.05, 0) is 30.0 Å². The van der Waals surface area contributed by atoms with Gasteiger partial charge in [0.2, 0.25) is 0 Å². The van der Waals surface area contributed by atoms with Crippen LogP contribution in [0.4, 0.5) is 5.69 Å². The molecule has 0 atom stereocenters. The Morgan fingerprint density at radius 1 is 1.20 bits per heavy atom. The van der Waals surface area contributed by atoms with Crippen LogP contribution in [0.2, 0.25) is 0 Å². The number of primary amides is 1. The van der Waals surface area contributed by atoms with Gasteiger partial charge in [0.1, 0.15) is 0 Å². The summed E-state index contributed by atoms with van der Waals surface area (Å²) in [4.78, 5) is 17.8. The average Bonchev–Trinajstić information content (AvgIpc) is 2.69. The standard InChI is InChI=1S/C16H17N3O/c17-16(20)14-10-18-8-7-15(14)19-9-3-6-12-4-1-2-5-13(12)11-19/h1-2,4-5,7-8,10H,3,6,9,11H2,(H2,17,20). The maximum atomic E-state index is 11.6. The molecule has 1 aromatic heterocycles. The van der Waals surface area contributed by atoms with Gasteiger partial charge in [-0.3, -0.25) is 9.78 Å². The van der Waals surface area contributed by atoms with Crippen molar-refractivity contribution in [2.24, 2.45) is 5.73 Å². The van der Waals surface area contributed by atoms with Gasteiger partial charge in [-0.25, -0.2) is 0 Å². The first kappa shape index (κ1) is 12.7. The molecule has 0 saturated carbocycles. The molecule has 0 radical (unpaired) electrons. The van der Waals surface area contributed by atoms with Gasteiger partial charge < -0.3 is 10.6 Å². The molecule has 2 aromatic rings. The number of pyridine rings is 1. The third kappa shape index (κ3) is 2.37. The van der Waals surface area contributed by atoms with Crippen molar-refractivity contribution in [1.82, 2.24) is 4.98 Å². The van der Waals surface area contributed by atoms with Crippen LogP contribution in [0.5, 0.6) is 0 Å². The smallest absolute Gasteiger partial charge is 0.252 e. The number of nitrogens with two attached hydrogens (primary N) is 1. The van der Waals surface area contributed by atoms with Gasteiger partial charge >= 0.3 is 0 Å². The number of carbonyl (C=O) groups excluding carboxylic acids is 1. The van der Waals surface area contributed by atoms with Gasteiger partial charge in [-0.2, -0.15) is 0 Å². The lowest BCUT2D eigenvalue weighted by atomic mass is 10.0.